The first-order valence-corrected chi connectivity index (χ1v) is 6.69. The van der Waals surface area contributed by atoms with E-state index in [1.165, 1.54) is 6.07 Å². The number of halogens is 1. The largest absolute Gasteiger partial charge is 0.372 e. The van der Waals surface area contributed by atoms with E-state index in [-0.39, 0.29) is 11.2 Å². The molecule has 0 amide bonds. The lowest BCUT2D eigenvalue weighted by atomic mass is 9.81. The van der Waals surface area contributed by atoms with Crippen molar-refractivity contribution in [2.24, 2.45) is 5.41 Å². The molecule has 0 spiro atoms. The van der Waals surface area contributed by atoms with E-state index in [9.17, 15) is 4.39 Å². The zero-order valence-electron chi connectivity index (χ0n) is 12.0. The minimum Gasteiger partial charge on any atom is -0.372 e. The Morgan fingerprint density at radius 1 is 1.22 bits per heavy atom. The van der Waals surface area contributed by atoms with Crippen LogP contribution in [0.15, 0.2) is 24.3 Å². The van der Waals surface area contributed by atoms with Gasteiger partial charge < -0.3 is 10.2 Å². The van der Waals surface area contributed by atoms with Crippen LogP contribution in [0.2, 0.25) is 0 Å². The van der Waals surface area contributed by atoms with Crippen LogP contribution < -0.4 is 10.2 Å². The van der Waals surface area contributed by atoms with Crippen molar-refractivity contribution < 1.29 is 4.39 Å². The molecule has 0 unspecified atom stereocenters. The van der Waals surface area contributed by atoms with Crippen LogP contribution >= 0.6 is 0 Å². The summed E-state index contributed by atoms with van der Waals surface area (Å²) in [4.78, 5) is 2.03. The molecule has 0 saturated carbocycles. The molecule has 18 heavy (non-hydrogen) atoms. The zero-order chi connectivity index (χ0) is 13.6. The van der Waals surface area contributed by atoms with Crippen molar-refractivity contribution in [3.05, 3.63) is 30.1 Å². The van der Waals surface area contributed by atoms with Crippen LogP contribution in [0.25, 0.3) is 0 Å². The minimum atomic E-state index is -0.148. The number of benzene rings is 1. The van der Waals surface area contributed by atoms with E-state index < -0.39 is 0 Å². The van der Waals surface area contributed by atoms with Crippen LogP contribution in [0.3, 0.4) is 0 Å². The monoisotopic (exact) mass is 252 g/mol. The summed E-state index contributed by atoms with van der Waals surface area (Å²) in [6.45, 7) is 6.23. The molecule has 0 atom stereocenters. The Kier molecular flexibility index (Phi) is 5.60. The van der Waals surface area contributed by atoms with E-state index in [0.29, 0.717) is 5.69 Å². The Labute approximate surface area is 110 Å². The normalized spacial score (nSPS) is 11.6. The SMILES string of the molecule is CCC(CC)(CNC)CN(C)c1ccccc1F. The maximum absolute atomic E-state index is 13.8. The Morgan fingerprint density at radius 3 is 2.33 bits per heavy atom. The van der Waals surface area contributed by atoms with Gasteiger partial charge >= 0.3 is 0 Å². The molecule has 0 heterocycles. The maximum Gasteiger partial charge on any atom is 0.146 e. The van der Waals surface area contributed by atoms with Crippen molar-refractivity contribution in [2.75, 3.05) is 32.1 Å². The van der Waals surface area contributed by atoms with Gasteiger partial charge in [-0.3, -0.25) is 0 Å². The second-order valence-corrected chi connectivity index (χ2v) is 5.04. The Morgan fingerprint density at radius 2 is 1.83 bits per heavy atom. The number of anilines is 1. The molecule has 0 radical (unpaired) electrons. The lowest BCUT2D eigenvalue weighted by Gasteiger charge is -2.36. The number of rotatable bonds is 7. The first-order valence-electron chi connectivity index (χ1n) is 6.69. The first-order chi connectivity index (χ1) is 8.58. The van der Waals surface area contributed by atoms with Crippen molar-refractivity contribution in [1.82, 2.24) is 5.32 Å². The lowest BCUT2D eigenvalue weighted by molar-refractivity contribution is 0.262. The van der Waals surface area contributed by atoms with Crippen molar-refractivity contribution in [3.8, 4) is 0 Å². The summed E-state index contributed by atoms with van der Waals surface area (Å²) in [5, 5.41) is 3.26. The predicted octanol–water partition coefficient (Wildman–Crippen LogP) is 3.29. The fourth-order valence-corrected chi connectivity index (χ4v) is 2.50. The molecule has 0 saturated heterocycles. The highest BCUT2D eigenvalue weighted by Gasteiger charge is 2.27. The molecular formula is C15H25FN2. The molecule has 1 rings (SSSR count). The van der Waals surface area contributed by atoms with E-state index in [2.05, 4.69) is 19.2 Å². The summed E-state index contributed by atoms with van der Waals surface area (Å²) >= 11 is 0. The Bertz CT molecular complexity index is 361. The van der Waals surface area contributed by atoms with Gasteiger partial charge in [0.15, 0.2) is 0 Å². The smallest absolute Gasteiger partial charge is 0.146 e. The van der Waals surface area contributed by atoms with Gasteiger partial charge in [-0.15, -0.1) is 0 Å². The molecule has 2 nitrogen and oxygen atoms in total. The van der Waals surface area contributed by atoms with Crippen LogP contribution in [-0.4, -0.2) is 27.2 Å². The fourth-order valence-electron chi connectivity index (χ4n) is 2.50. The molecule has 0 aliphatic heterocycles. The van der Waals surface area contributed by atoms with E-state index in [0.717, 1.165) is 25.9 Å². The first kappa shape index (κ1) is 15.0. The maximum atomic E-state index is 13.8. The van der Waals surface area contributed by atoms with E-state index >= 15 is 0 Å². The molecule has 0 aromatic heterocycles. The van der Waals surface area contributed by atoms with Crippen molar-refractivity contribution in [2.45, 2.75) is 26.7 Å². The van der Waals surface area contributed by atoms with Crippen molar-refractivity contribution in [3.63, 3.8) is 0 Å². The third-order valence-corrected chi connectivity index (χ3v) is 3.89. The molecule has 102 valence electrons. The summed E-state index contributed by atoms with van der Waals surface area (Å²) in [7, 11) is 3.94. The molecule has 0 bridgehead atoms. The van der Waals surface area contributed by atoms with E-state index in [1.54, 1.807) is 6.07 Å². The molecule has 0 aliphatic rings. The van der Waals surface area contributed by atoms with Crippen LogP contribution in [-0.2, 0) is 0 Å². The van der Waals surface area contributed by atoms with Crippen LogP contribution in [0.1, 0.15) is 26.7 Å². The van der Waals surface area contributed by atoms with Gasteiger partial charge in [-0.1, -0.05) is 26.0 Å². The highest BCUT2D eigenvalue weighted by molar-refractivity contribution is 5.47. The zero-order valence-corrected chi connectivity index (χ0v) is 12.0. The van der Waals surface area contributed by atoms with Gasteiger partial charge in [0, 0.05) is 20.1 Å². The highest BCUT2D eigenvalue weighted by Crippen LogP contribution is 2.29. The number of para-hydroxylation sites is 1. The van der Waals surface area contributed by atoms with Crippen LogP contribution in [0.5, 0.6) is 0 Å². The van der Waals surface area contributed by atoms with Crippen LogP contribution in [0, 0.1) is 11.2 Å². The molecular weight excluding hydrogens is 227 g/mol. The standard InChI is InChI=1S/C15H25FN2/c1-5-15(6-2,11-17-3)12-18(4)14-10-8-7-9-13(14)16/h7-10,17H,5-6,11-12H2,1-4H3. The molecule has 1 aromatic rings. The number of hydrogen-bond donors (Lipinski definition) is 1. The second kappa shape index (κ2) is 6.74. The Balaban J connectivity index is 2.84. The van der Waals surface area contributed by atoms with Crippen molar-refractivity contribution in [1.29, 1.82) is 0 Å². The number of nitrogens with zero attached hydrogens (tertiary/aromatic N) is 1. The second-order valence-electron chi connectivity index (χ2n) is 5.04. The summed E-state index contributed by atoms with van der Waals surface area (Å²) in [6, 6.07) is 6.97. The van der Waals surface area contributed by atoms with Gasteiger partial charge in [-0.25, -0.2) is 4.39 Å². The van der Waals surface area contributed by atoms with Gasteiger partial charge in [0.1, 0.15) is 5.82 Å². The number of hydrogen-bond acceptors (Lipinski definition) is 2. The van der Waals surface area contributed by atoms with E-state index in [1.807, 2.05) is 31.1 Å². The van der Waals surface area contributed by atoms with Gasteiger partial charge in [0.05, 0.1) is 5.69 Å². The topological polar surface area (TPSA) is 15.3 Å². The highest BCUT2D eigenvalue weighted by atomic mass is 19.1. The van der Waals surface area contributed by atoms with Crippen molar-refractivity contribution >= 4 is 5.69 Å². The predicted molar refractivity (Wildman–Crippen MR) is 76.6 cm³/mol. The minimum absolute atomic E-state index is 0.148. The summed E-state index contributed by atoms with van der Waals surface area (Å²) in [5.41, 5.74) is 0.881. The third kappa shape index (κ3) is 3.45. The molecule has 3 heteroatoms. The summed E-state index contributed by atoms with van der Waals surface area (Å²) in [5.74, 6) is -0.148. The van der Waals surface area contributed by atoms with Gasteiger partial charge in [0.25, 0.3) is 0 Å². The van der Waals surface area contributed by atoms with Gasteiger partial charge in [-0.05, 0) is 37.4 Å². The molecule has 0 aliphatic carbocycles. The Hall–Kier alpha value is -1.09. The molecule has 0 fully saturated rings. The third-order valence-electron chi connectivity index (χ3n) is 3.89. The van der Waals surface area contributed by atoms with Crippen LogP contribution in [0.4, 0.5) is 10.1 Å². The average Bonchev–Trinajstić information content (AvgIpc) is 2.38. The quantitative estimate of drug-likeness (QED) is 0.801. The molecule has 1 N–H and O–H groups in total. The summed E-state index contributed by atoms with van der Waals surface area (Å²) < 4.78 is 13.8. The summed E-state index contributed by atoms with van der Waals surface area (Å²) in [6.07, 6.45) is 2.17. The molecule has 1 aromatic carbocycles. The fraction of sp³-hybridized carbons (Fsp3) is 0.600. The van der Waals surface area contributed by atoms with E-state index in [4.69, 9.17) is 0 Å². The van der Waals surface area contributed by atoms with Gasteiger partial charge in [0.2, 0.25) is 0 Å². The lowest BCUT2D eigenvalue weighted by Crippen LogP contribution is -2.41. The average molecular weight is 252 g/mol. The van der Waals surface area contributed by atoms with Gasteiger partial charge in [-0.2, -0.15) is 0 Å². The number of nitrogens with one attached hydrogen (secondary N) is 1.